The van der Waals surface area contributed by atoms with Gasteiger partial charge in [-0.2, -0.15) is 0 Å². The molecule has 170 valence electrons. The molecular weight excluding hydrogens is 440 g/mol. The van der Waals surface area contributed by atoms with Crippen LogP contribution in [0.3, 0.4) is 0 Å². The number of methoxy groups -OCH3 is 1. The summed E-state index contributed by atoms with van der Waals surface area (Å²) in [6, 6.07) is 36.2. The van der Waals surface area contributed by atoms with Crippen molar-refractivity contribution in [2.45, 2.75) is 0 Å². The summed E-state index contributed by atoms with van der Waals surface area (Å²) in [5, 5.41) is 7.09. The highest BCUT2D eigenvalue weighted by atomic mass is 16.5. The molecule has 0 aliphatic carbocycles. The molecule has 3 heteroatoms. The second-order valence-corrected chi connectivity index (χ2v) is 9.00. The second kappa shape index (κ2) is 8.17. The fraction of sp³-hybridized carbons (Fsp3) is 0.0303. The van der Waals surface area contributed by atoms with Crippen LogP contribution in [0.2, 0.25) is 0 Å². The van der Waals surface area contributed by atoms with Gasteiger partial charge in [-0.05, 0) is 74.6 Å². The van der Waals surface area contributed by atoms with E-state index in [1.165, 1.54) is 38.2 Å². The van der Waals surface area contributed by atoms with E-state index in [9.17, 15) is 0 Å². The van der Waals surface area contributed by atoms with Crippen LogP contribution < -0.4 is 4.74 Å². The zero-order chi connectivity index (χ0) is 24.1. The monoisotopic (exact) mass is 462 g/mol. The topological polar surface area (TPSA) is 35.0 Å². The van der Waals surface area contributed by atoms with Gasteiger partial charge in [0.05, 0.1) is 18.1 Å². The Kier molecular flexibility index (Phi) is 4.68. The molecule has 0 fully saturated rings. The van der Waals surface area contributed by atoms with E-state index >= 15 is 0 Å². The summed E-state index contributed by atoms with van der Waals surface area (Å²) >= 11 is 0. The van der Waals surface area contributed by atoms with Gasteiger partial charge in [0.1, 0.15) is 5.75 Å². The lowest BCUT2D eigenvalue weighted by Crippen LogP contribution is -1.92. The summed E-state index contributed by atoms with van der Waals surface area (Å²) in [6.07, 6.45) is 3.84. The third-order valence-electron chi connectivity index (χ3n) is 7.05. The fourth-order valence-electron chi connectivity index (χ4n) is 5.40. The van der Waals surface area contributed by atoms with Crippen molar-refractivity contribution in [3.8, 4) is 28.0 Å². The second-order valence-electron chi connectivity index (χ2n) is 9.00. The maximum Gasteiger partial charge on any atom is 0.118 e. The van der Waals surface area contributed by atoms with Crippen molar-refractivity contribution in [1.82, 2.24) is 9.97 Å². The van der Waals surface area contributed by atoms with Crippen LogP contribution in [0, 0.1) is 0 Å². The Bertz CT molecular complexity index is 1870. The average molecular weight is 463 g/mol. The van der Waals surface area contributed by atoms with Gasteiger partial charge in [0.15, 0.2) is 0 Å². The highest BCUT2D eigenvalue weighted by Gasteiger charge is 2.17. The van der Waals surface area contributed by atoms with E-state index in [0.717, 1.165) is 33.1 Å². The molecular formula is C33H22N2O. The number of pyridine rings is 2. The predicted octanol–water partition coefficient (Wildman–Crippen LogP) is 8.43. The minimum absolute atomic E-state index is 0.855. The standard InChI is InChI=1S/C33H22N2O/c1-36-23-14-12-21(13-15-23)32-25-7-2-4-9-27(25)33(28-10-5-3-8-26(28)32)22-19-29-24-11-6-18-34-30(24)16-17-31(29)35-20-22/h2-20H,1H3. The van der Waals surface area contributed by atoms with E-state index in [2.05, 4.69) is 83.8 Å². The smallest absolute Gasteiger partial charge is 0.118 e. The molecule has 0 radical (unpaired) electrons. The molecule has 0 atom stereocenters. The SMILES string of the molecule is COc1ccc(-c2c3ccccc3c(-c3cnc4ccc5ncccc5c4c3)c3ccccc23)cc1. The first-order valence-corrected chi connectivity index (χ1v) is 12.0. The lowest BCUT2D eigenvalue weighted by Gasteiger charge is -2.18. The molecule has 0 N–H and O–H groups in total. The summed E-state index contributed by atoms with van der Waals surface area (Å²) in [5.41, 5.74) is 6.66. The lowest BCUT2D eigenvalue weighted by molar-refractivity contribution is 0.415. The minimum Gasteiger partial charge on any atom is -0.497 e. The van der Waals surface area contributed by atoms with E-state index in [0.29, 0.717) is 0 Å². The number of fused-ring (bicyclic) bond motifs is 5. The molecule has 0 saturated carbocycles. The summed E-state index contributed by atoms with van der Waals surface area (Å²) < 4.78 is 5.41. The number of ether oxygens (including phenoxy) is 1. The molecule has 2 heterocycles. The number of rotatable bonds is 3. The molecule has 7 aromatic rings. The zero-order valence-electron chi connectivity index (χ0n) is 19.8. The van der Waals surface area contributed by atoms with Crippen molar-refractivity contribution in [2.24, 2.45) is 0 Å². The first kappa shape index (κ1) is 20.6. The van der Waals surface area contributed by atoms with Crippen LogP contribution in [0.15, 0.2) is 116 Å². The van der Waals surface area contributed by atoms with Crippen LogP contribution in [0.4, 0.5) is 0 Å². The third-order valence-corrected chi connectivity index (χ3v) is 7.05. The molecule has 0 aliphatic rings. The Hall–Kier alpha value is -4.76. The van der Waals surface area contributed by atoms with E-state index in [-0.39, 0.29) is 0 Å². The molecule has 0 spiro atoms. The largest absolute Gasteiger partial charge is 0.497 e. The first-order valence-electron chi connectivity index (χ1n) is 12.0. The van der Waals surface area contributed by atoms with Gasteiger partial charge in [-0.3, -0.25) is 9.97 Å². The average Bonchev–Trinajstić information content (AvgIpc) is 2.95. The van der Waals surface area contributed by atoms with Crippen molar-refractivity contribution in [3.05, 3.63) is 116 Å². The van der Waals surface area contributed by atoms with Crippen LogP contribution in [0.25, 0.3) is 65.6 Å². The predicted molar refractivity (Wildman–Crippen MR) is 149 cm³/mol. The van der Waals surface area contributed by atoms with Gasteiger partial charge in [-0.1, -0.05) is 66.7 Å². The molecule has 5 aromatic carbocycles. The maximum absolute atomic E-state index is 5.41. The number of hydrogen-bond acceptors (Lipinski definition) is 3. The van der Waals surface area contributed by atoms with Gasteiger partial charge in [0.2, 0.25) is 0 Å². The zero-order valence-corrected chi connectivity index (χ0v) is 19.8. The molecule has 0 unspecified atom stereocenters. The van der Waals surface area contributed by atoms with Gasteiger partial charge in [-0.15, -0.1) is 0 Å². The highest BCUT2D eigenvalue weighted by Crippen LogP contribution is 2.44. The van der Waals surface area contributed by atoms with Crippen molar-refractivity contribution >= 4 is 43.4 Å². The molecule has 0 amide bonds. The number of nitrogens with zero attached hydrogens (tertiary/aromatic N) is 2. The molecule has 3 nitrogen and oxygen atoms in total. The van der Waals surface area contributed by atoms with Crippen molar-refractivity contribution in [1.29, 1.82) is 0 Å². The first-order chi connectivity index (χ1) is 17.8. The van der Waals surface area contributed by atoms with Gasteiger partial charge >= 0.3 is 0 Å². The Balaban J connectivity index is 1.59. The van der Waals surface area contributed by atoms with Crippen LogP contribution >= 0.6 is 0 Å². The molecule has 36 heavy (non-hydrogen) atoms. The third kappa shape index (κ3) is 3.14. The molecule has 0 aliphatic heterocycles. The van der Waals surface area contributed by atoms with Crippen LogP contribution in [-0.4, -0.2) is 17.1 Å². The Morgan fingerprint density at radius 3 is 1.67 bits per heavy atom. The summed E-state index contributed by atoms with van der Waals surface area (Å²) in [6.45, 7) is 0. The van der Waals surface area contributed by atoms with Crippen molar-refractivity contribution in [3.63, 3.8) is 0 Å². The van der Waals surface area contributed by atoms with E-state index in [1.807, 2.05) is 36.7 Å². The Morgan fingerprint density at radius 2 is 1.06 bits per heavy atom. The van der Waals surface area contributed by atoms with E-state index < -0.39 is 0 Å². The molecule has 0 bridgehead atoms. The molecule has 2 aromatic heterocycles. The van der Waals surface area contributed by atoms with Crippen molar-refractivity contribution in [2.75, 3.05) is 7.11 Å². The number of benzene rings is 5. The minimum atomic E-state index is 0.855. The number of hydrogen-bond donors (Lipinski definition) is 0. The quantitative estimate of drug-likeness (QED) is 0.195. The fourth-order valence-corrected chi connectivity index (χ4v) is 5.40. The number of aromatic nitrogens is 2. The van der Waals surface area contributed by atoms with Crippen molar-refractivity contribution < 1.29 is 4.74 Å². The van der Waals surface area contributed by atoms with E-state index in [4.69, 9.17) is 9.72 Å². The molecule has 0 saturated heterocycles. The van der Waals surface area contributed by atoms with E-state index in [1.54, 1.807) is 7.11 Å². The van der Waals surface area contributed by atoms with Gasteiger partial charge in [-0.25, -0.2) is 0 Å². The lowest BCUT2D eigenvalue weighted by atomic mass is 9.86. The Morgan fingerprint density at radius 1 is 0.500 bits per heavy atom. The Labute approximate surface area is 208 Å². The van der Waals surface area contributed by atoms with Gasteiger partial charge in [0.25, 0.3) is 0 Å². The summed E-state index contributed by atoms with van der Waals surface area (Å²) in [4.78, 5) is 9.43. The summed E-state index contributed by atoms with van der Waals surface area (Å²) in [5.74, 6) is 0.855. The maximum atomic E-state index is 5.41. The van der Waals surface area contributed by atoms with Crippen LogP contribution in [-0.2, 0) is 0 Å². The normalized spacial score (nSPS) is 11.5. The van der Waals surface area contributed by atoms with Crippen LogP contribution in [0.5, 0.6) is 5.75 Å². The van der Waals surface area contributed by atoms with Gasteiger partial charge < -0.3 is 4.74 Å². The summed E-state index contributed by atoms with van der Waals surface area (Å²) in [7, 11) is 1.70. The van der Waals surface area contributed by atoms with Gasteiger partial charge in [0, 0.05) is 28.7 Å². The highest BCUT2D eigenvalue weighted by molar-refractivity contribution is 6.22. The van der Waals surface area contributed by atoms with Crippen LogP contribution in [0.1, 0.15) is 0 Å². The molecule has 7 rings (SSSR count).